The van der Waals surface area contributed by atoms with Gasteiger partial charge in [0.15, 0.2) is 9.84 Å². The first-order valence-electron chi connectivity index (χ1n) is 10.0. The van der Waals surface area contributed by atoms with Gasteiger partial charge in [-0.3, -0.25) is 9.78 Å². The summed E-state index contributed by atoms with van der Waals surface area (Å²) in [7, 11) is -2.93. The van der Waals surface area contributed by atoms with Gasteiger partial charge in [0.25, 0.3) is 0 Å². The van der Waals surface area contributed by atoms with Crippen LogP contribution in [-0.2, 0) is 19.4 Å². The molecule has 0 aromatic carbocycles. The molecule has 2 aliphatic heterocycles. The number of aliphatic hydroxyl groups is 1. The van der Waals surface area contributed by atoms with E-state index in [-0.39, 0.29) is 23.5 Å². The van der Waals surface area contributed by atoms with Crippen LogP contribution in [0.2, 0.25) is 0 Å². The number of aromatic nitrogens is 2. The van der Waals surface area contributed by atoms with Crippen molar-refractivity contribution in [2.45, 2.75) is 19.4 Å². The number of carbonyl (C=O) groups is 1. The van der Waals surface area contributed by atoms with E-state index < -0.39 is 16.3 Å². The molecule has 2 saturated heterocycles. The van der Waals surface area contributed by atoms with Crippen molar-refractivity contribution >= 4 is 27.2 Å². The van der Waals surface area contributed by atoms with E-state index in [1.54, 1.807) is 17.3 Å². The van der Waals surface area contributed by atoms with E-state index >= 15 is 0 Å². The standard InChI is InChI=1S/C20H25N5O5S/c1-14(26)21-12-17-13-25(20(27)30-17)16-3-4-18(22-11-16)15-2-5-19(23-10-15)24-6-8-31(28,29)9-7-24/h2-5,10-11,17,20,27H,6-9,12-13H2,1H3,(H,21,26)/t17-,20?/m0/s1. The number of ether oxygens (including phenoxy) is 1. The Morgan fingerprint density at radius 3 is 2.58 bits per heavy atom. The highest BCUT2D eigenvalue weighted by Crippen LogP contribution is 2.26. The number of amides is 1. The van der Waals surface area contributed by atoms with Crippen LogP contribution in [0.1, 0.15) is 6.92 Å². The van der Waals surface area contributed by atoms with Gasteiger partial charge in [-0.2, -0.15) is 0 Å². The number of nitrogens with zero attached hydrogens (tertiary/aromatic N) is 4. The van der Waals surface area contributed by atoms with Gasteiger partial charge in [-0.25, -0.2) is 13.4 Å². The summed E-state index contributed by atoms with van der Waals surface area (Å²) in [4.78, 5) is 23.6. The lowest BCUT2D eigenvalue weighted by atomic mass is 10.2. The van der Waals surface area contributed by atoms with Gasteiger partial charge in [-0.1, -0.05) is 0 Å². The molecule has 0 bridgehead atoms. The summed E-state index contributed by atoms with van der Waals surface area (Å²) in [5.74, 6) is 0.902. The average Bonchev–Trinajstić information content (AvgIpc) is 3.13. The Morgan fingerprint density at radius 1 is 1.19 bits per heavy atom. The van der Waals surface area contributed by atoms with Crippen LogP contribution in [0.3, 0.4) is 0 Å². The fourth-order valence-electron chi connectivity index (χ4n) is 3.59. The van der Waals surface area contributed by atoms with Crippen molar-refractivity contribution in [2.24, 2.45) is 0 Å². The molecule has 4 rings (SSSR count). The Bertz CT molecular complexity index is 1010. The lowest BCUT2D eigenvalue weighted by Gasteiger charge is -2.27. The third-order valence-electron chi connectivity index (χ3n) is 5.35. The van der Waals surface area contributed by atoms with Crippen LogP contribution >= 0.6 is 0 Å². The molecule has 4 heterocycles. The predicted molar refractivity (Wildman–Crippen MR) is 115 cm³/mol. The van der Waals surface area contributed by atoms with Crippen LogP contribution in [0.15, 0.2) is 36.7 Å². The maximum absolute atomic E-state index is 11.6. The number of rotatable bonds is 5. The van der Waals surface area contributed by atoms with Crippen molar-refractivity contribution < 1.29 is 23.1 Å². The first-order valence-corrected chi connectivity index (χ1v) is 11.9. The Labute approximate surface area is 180 Å². The highest BCUT2D eigenvalue weighted by atomic mass is 32.2. The number of sulfone groups is 1. The summed E-state index contributed by atoms with van der Waals surface area (Å²) in [6.07, 6.45) is 1.98. The van der Waals surface area contributed by atoms with Crippen molar-refractivity contribution in [3.63, 3.8) is 0 Å². The normalized spacial score (nSPS) is 23.0. The SMILES string of the molecule is CC(=O)NC[C@H]1CN(c2ccc(-c3ccc(N4CCS(=O)(=O)CC4)nc3)nc2)C(O)O1. The van der Waals surface area contributed by atoms with E-state index in [0.717, 1.165) is 17.1 Å². The number of pyridine rings is 2. The Morgan fingerprint density at radius 2 is 1.97 bits per heavy atom. The molecule has 0 radical (unpaired) electrons. The molecule has 0 saturated carbocycles. The molecule has 1 unspecified atom stereocenters. The summed E-state index contributed by atoms with van der Waals surface area (Å²) in [6.45, 7) is 3.10. The molecule has 2 atom stereocenters. The molecule has 0 aliphatic carbocycles. The third-order valence-corrected chi connectivity index (χ3v) is 6.96. The molecule has 2 fully saturated rings. The summed E-state index contributed by atoms with van der Waals surface area (Å²) < 4.78 is 28.6. The fraction of sp³-hybridized carbons (Fsp3) is 0.450. The summed E-state index contributed by atoms with van der Waals surface area (Å²) in [5.41, 5.74) is 2.27. The number of hydrogen-bond acceptors (Lipinski definition) is 9. The molecule has 2 aromatic heterocycles. The highest BCUT2D eigenvalue weighted by Gasteiger charge is 2.31. The molecule has 1 amide bonds. The second kappa shape index (κ2) is 8.77. The van der Waals surface area contributed by atoms with Gasteiger partial charge in [-0.15, -0.1) is 0 Å². The zero-order valence-corrected chi connectivity index (χ0v) is 18.0. The van der Waals surface area contributed by atoms with Crippen molar-refractivity contribution in [3.05, 3.63) is 36.7 Å². The average molecular weight is 448 g/mol. The maximum Gasteiger partial charge on any atom is 0.238 e. The molecular formula is C20H25N5O5S. The minimum Gasteiger partial charge on any atom is -0.355 e. The smallest absolute Gasteiger partial charge is 0.238 e. The maximum atomic E-state index is 11.6. The topological polar surface area (TPSA) is 125 Å². The van der Waals surface area contributed by atoms with E-state index in [4.69, 9.17) is 4.74 Å². The zero-order valence-electron chi connectivity index (χ0n) is 17.1. The second-order valence-corrected chi connectivity index (χ2v) is 9.92. The Balaban J connectivity index is 1.40. The predicted octanol–water partition coefficient (Wildman–Crippen LogP) is -0.00440. The van der Waals surface area contributed by atoms with Crippen molar-refractivity contribution in [1.29, 1.82) is 0 Å². The molecular weight excluding hydrogens is 422 g/mol. The Hall–Kier alpha value is -2.76. The number of nitrogens with one attached hydrogen (secondary N) is 1. The van der Waals surface area contributed by atoms with Crippen LogP contribution in [0.5, 0.6) is 0 Å². The third kappa shape index (κ3) is 5.12. The van der Waals surface area contributed by atoms with E-state index in [9.17, 15) is 18.3 Å². The van der Waals surface area contributed by atoms with Crippen molar-refractivity contribution in [2.75, 3.05) is 47.5 Å². The molecule has 11 heteroatoms. The molecule has 2 aromatic rings. The summed E-state index contributed by atoms with van der Waals surface area (Å²) in [6, 6.07) is 7.46. The van der Waals surface area contributed by atoms with Crippen molar-refractivity contribution in [3.8, 4) is 11.3 Å². The first-order chi connectivity index (χ1) is 14.8. The van der Waals surface area contributed by atoms with Gasteiger partial charge in [0.05, 0.1) is 41.7 Å². The van der Waals surface area contributed by atoms with Gasteiger partial charge >= 0.3 is 0 Å². The van der Waals surface area contributed by atoms with Crippen LogP contribution in [0.4, 0.5) is 11.5 Å². The van der Waals surface area contributed by atoms with Gasteiger partial charge in [-0.05, 0) is 24.3 Å². The number of hydrogen-bond donors (Lipinski definition) is 2. The lowest BCUT2D eigenvalue weighted by Crippen LogP contribution is -2.40. The lowest BCUT2D eigenvalue weighted by molar-refractivity contribution is -0.121. The molecule has 166 valence electrons. The summed E-state index contributed by atoms with van der Waals surface area (Å²) >= 11 is 0. The minimum atomic E-state index is -2.93. The van der Waals surface area contributed by atoms with E-state index in [0.29, 0.717) is 31.9 Å². The molecule has 31 heavy (non-hydrogen) atoms. The quantitative estimate of drug-likeness (QED) is 0.651. The van der Waals surface area contributed by atoms with E-state index in [1.165, 1.54) is 6.92 Å². The molecule has 0 spiro atoms. The zero-order chi connectivity index (χ0) is 22.0. The van der Waals surface area contributed by atoms with E-state index in [2.05, 4.69) is 15.3 Å². The van der Waals surface area contributed by atoms with Gasteiger partial charge < -0.3 is 25.0 Å². The number of anilines is 2. The van der Waals surface area contributed by atoms with Gasteiger partial charge in [0, 0.05) is 38.3 Å². The largest absolute Gasteiger partial charge is 0.355 e. The fourth-order valence-corrected chi connectivity index (χ4v) is 4.80. The van der Waals surface area contributed by atoms with Crippen molar-refractivity contribution in [1.82, 2.24) is 15.3 Å². The molecule has 2 N–H and O–H groups in total. The van der Waals surface area contributed by atoms with Gasteiger partial charge in [0.1, 0.15) is 5.82 Å². The monoisotopic (exact) mass is 447 g/mol. The first kappa shape index (κ1) is 21.5. The summed E-state index contributed by atoms with van der Waals surface area (Å²) in [5, 5.41) is 12.8. The van der Waals surface area contributed by atoms with Crippen LogP contribution < -0.4 is 15.1 Å². The molecule has 2 aliphatic rings. The highest BCUT2D eigenvalue weighted by molar-refractivity contribution is 7.91. The Kier molecular flexibility index (Phi) is 6.08. The van der Waals surface area contributed by atoms with Crippen LogP contribution in [0, 0.1) is 0 Å². The molecule has 10 nitrogen and oxygen atoms in total. The van der Waals surface area contributed by atoms with Crippen LogP contribution in [0.25, 0.3) is 11.3 Å². The second-order valence-electron chi connectivity index (χ2n) is 7.62. The minimum absolute atomic E-state index is 0.146. The van der Waals surface area contributed by atoms with E-state index in [1.807, 2.05) is 29.2 Å². The van der Waals surface area contributed by atoms with Gasteiger partial charge in [0.2, 0.25) is 12.3 Å². The number of aliphatic hydroxyl groups excluding tert-OH is 1. The van der Waals surface area contributed by atoms with Crippen LogP contribution in [-0.4, -0.2) is 79.6 Å². The number of carbonyl (C=O) groups excluding carboxylic acids is 1.